The third kappa shape index (κ3) is 3.93. The number of hydrogen-bond acceptors (Lipinski definition) is 2. The molecule has 0 bridgehead atoms. The Morgan fingerprint density at radius 3 is 2.58 bits per heavy atom. The van der Waals surface area contributed by atoms with Gasteiger partial charge in [0.2, 0.25) is 0 Å². The lowest BCUT2D eigenvalue weighted by Gasteiger charge is -2.29. The Morgan fingerprint density at radius 2 is 1.89 bits per heavy atom. The summed E-state index contributed by atoms with van der Waals surface area (Å²) in [6.45, 7) is 1.77. The first-order chi connectivity index (χ1) is 9.20. The monoisotopic (exact) mass is 265 g/mol. The smallest absolute Gasteiger partial charge is 0.129 e. The van der Waals surface area contributed by atoms with Gasteiger partial charge < -0.3 is 10.1 Å². The van der Waals surface area contributed by atoms with Crippen molar-refractivity contribution >= 4 is 0 Å². The summed E-state index contributed by atoms with van der Waals surface area (Å²) in [5, 5.41) is 3.35. The van der Waals surface area contributed by atoms with E-state index in [-0.39, 0.29) is 11.9 Å². The second-order valence-electron chi connectivity index (χ2n) is 5.45. The van der Waals surface area contributed by atoms with Crippen LogP contribution in [0.15, 0.2) is 18.2 Å². The minimum atomic E-state index is -0.190. The van der Waals surface area contributed by atoms with E-state index >= 15 is 0 Å². The van der Waals surface area contributed by atoms with E-state index in [1.54, 1.807) is 13.0 Å². The third-order valence-corrected chi connectivity index (χ3v) is 4.00. The van der Waals surface area contributed by atoms with Gasteiger partial charge in [-0.05, 0) is 44.9 Å². The normalized spacial score (nSPS) is 24.6. The van der Waals surface area contributed by atoms with Crippen LogP contribution in [0.1, 0.15) is 44.1 Å². The summed E-state index contributed by atoms with van der Waals surface area (Å²) >= 11 is 0. The Kier molecular flexibility index (Phi) is 5.20. The summed E-state index contributed by atoms with van der Waals surface area (Å²) in [5.74, 6) is 0.457. The number of benzene rings is 1. The zero-order chi connectivity index (χ0) is 13.7. The lowest BCUT2D eigenvalue weighted by molar-refractivity contribution is 0.130. The standard InChI is InChI=1S/C16H24FNO/c1-12-9-10-13(11-14(12)17)19-16-8-6-4-3-5-7-15(16)18-2/h9-11,15-16,18H,3-8H2,1-2H3. The van der Waals surface area contributed by atoms with Gasteiger partial charge in [-0.15, -0.1) is 0 Å². The van der Waals surface area contributed by atoms with Crippen molar-refractivity contribution in [3.63, 3.8) is 0 Å². The van der Waals surface area contributed by atoms with Gasteiger partial charge in [0, 0.05) is 12.1 Å². The third-order valence-electron chi connectivity index (χ3n) is 4.00. The second kappa shape index (κ2) is 6.90. The van der Waals surface area contributed by atoms with Crippen LogP contribution in [0.5, 0.6) is 5.75 Å². The quantitative estimate of drug-likeness (QED) is 0.897. The zero-order valence-corrected chi connectivity index (χ0v) is 11.9. The largest absolute Gasteiger partial charge is 0.489 e. The molecule has 0 aliphatic heterocycles. The molecule has 2 nitrogen and oxygen atoms in total. The maximum atomic E-state index is 13.6. The Balaban J connectivity index is 2.06. The molecule has 1 saturated carbocycles. The maximum absolute atomic E-state index is 13.6. The molecule has 2 unspecified atom stereocenters. The van der Waals surface area contributed by atoms with E-state index in [0.29, 0.717) is 17.4 Å². The summed E-state index contributed by atoms with van der Waals surface area (Å²) in [5.41, 5.74) is 0.662. The van der Waals surface area contributed by atoms with Gasteiger partial charge in [-0.1, -0.05) is 25.3 Å². The first-order valence-corrected chi connectivity index (χ1v) is 7.31. The molecule has 0 radical (unpaired) electrons. The maximum Gasteiger partial charge on any atom is 0.129 e. The molecule has 0 heterocycles. The topological polar surface area (TPSA) is 21.3 Å². The van der Waals surface area contributed by atoms with Crippen LogP contribution < -0.4 is 10.1 Å². The van der Waals surface area contributed by atoms with Crippen molar-refractivity contribution in [3.05, 3.63) is 29.6 Å². The number of aryl methyl sites for hydroxylation is 1. The van der Waals surface area contributed by atoms with Crippen LogP contribution in [-0.2, 0) is 0 Å². The minimum absolute atomic E-state index is 0.146. The van der Waals surface area contributed by atoms with Crippen molar-refractivity contribution in [2.24, 2.45) is 0 Å². The van der Waals surface area contributed by atoms with E-state index in [2.05, 4.69) is 5.32 Å². The first-order valence-electron chi connectivity index (χ1n) is 7.31. The van der Waals surface area contributed by atoms with Crippen LogP contribution in [-0.4, -0.2) is 19.2 Å². The van der Waals surface area contributed by atoms with Crippen molar-refractivity contribution in [1.29, 1.82) is 0 Å². The van der Waals surface area contributed by atoms with Gasteiger partial charge in [0.1, 0.15) is 17.7 Å². The molecule has 0 amide bonds. The van der Waals surface area contributed by atoms with Gasteiger partial charge >= 0.3 is 0 Å². The van der Waals surface area contributed by atoms with E-state index in [4.69, 9.17) is 4.74 Å². The van der Waals surface area contributed by atoms with Crippen LogP contribution in [0.3, 0.4) is 0 Å². The highest BCUT2D eigenvalue weighted by atomic mass is 19.1. The average molecular weight is 265 g/mol. The van der Waals surface area contributed by atoms with Gasteiger partial charge in [-0.2, -0.15) is 0 Å². The highest BCUT2D eigenvalue weighted by Crippen LogP contribution is 2.24. The number of nitrogens with one attached hydrogen (secondary N) is 1. The van der Waals surface area contributed by atoms with E-state index in [1.165, 1.54) is 31.7 Å². The SMILES string of the molecule is CNC1CCCCCCC1Oc1ccc(C)c(F)c1. The molecule has 1 aromatic carbocycles. The van der Waals surface area contributed by atoms with Crippen molar-refractivity contribution in [3.8, 4) is 5.75 Å². The van der Waals surface area contributed by atoms with E-state index in [0.717, 1.165) is 12.8 Å². The predicted octanol–water partition coefficient (Wildman–Crippen LogP) is 3.82. The van der Waals surface area contributed by atoms with Crippen LogP contribution in [0.25, 0.3) is 0 Å². The summed E-state index contributed by atoms with van der Waals surface area (Å²) in [4.78, 5) is 0. The highest BCUT2D eigenvalue weighted by Gasteiger charge is 2.23. The zero-order valence-electron chi connectivity index (χ0n) is 11.9. The summed E-state index contributed by atoms with van der Waals surface area (Å²) in [7, 11) is 1.98. The van der Waals surface area contributed by atoms with E-state index in [9.17, 15) is 4.39 Å². The van der Waals surface area contributed by atoms with E-state index in [1.807, 2.05) is 13.1 Å². The van der Waals surface area contributed by atoms with Crippen molar-refractivity contribution in [2.45, 2.75) is 57.6 Å². The summed E-state index contributed by atoms with van der Waals surface area (Å²) < 4.78 is 19.6. The molecule has 0 aromatic heterocycles. The molecular weight excluding hydrogens is 241 g/mol. The van der Waals surface area contributed by atoms with Crippen LogP contribution in [0, 0.1) is 12.7 Å². The molecule has 1 fully saturated rings. The van der Waals surface area contributed by atoms with Crippen molar-refractivity contribution < 1.29 is 9.13 Å². The fraction of sp³-hybridized carbons (Fsp3) is 0.625. The Bertz CT molecular complexity index is 408. The number of likely N-dealkylation sites (N-methyl/N-ethyl adjacent to an activating group) is 1. The van der Waals surface area contributed by atoms with Crippen LogP contribution in [0.4, 0.5) is 4.39 Å². The average Bonchev–Trinajstić information content (AvgIpc) is 2.37. The number of rotatable bonds is 3. The molecular formula is C16H24FNO. The molecule has 1 aliphatic rings. The first kappa shape index (κ1) is 14.3. The molecule has 2 atom stereocenters. The lowest BCUT2D eigenvalue weighted by atomic mass is 9.94. The predicted molar refractivity (Wildman–Crippen MR) is 76.1 cm³/mol. The molecule has 1 aliphatic carbocycles. The number of halogens is 1. The molecule has 1 aromatic rings. The van der Waals surface area contributed by atoms with Gasteiger partial charge in [0.15, 0.2) is 0 Å². The molecule has 2 rings (SSSR count). The molecule has 0 spiro atoms. The van der Waals surface area contributed by atoms with Gasteiger partial charge in [-0.25, -0.2) is 4.39 Å². The van der Waals surface area contributed by atoms with E-state index < -0.39 is 0 Å². The minimum Gasteiger partial charge on any atom is -0.489 e. The van der Waals surface area contributed by atoms with Gasteiger partial charge in [0.05, 0.1) is 0 Å². The highest BCUT2D eigenvalue weighted by molar-refractivity contribution is 5.28. The Morgan fingerprint density at radius 1 is 1.16 bits per heavy atom. The summed E-state index contributed by atoms with van der Waals surface area (Å²) in [6.07, 6.45) is 7.34. The second-order valence-corrected chi connectivity index (χ2v) is 5.45. The Hall–Kier alpha value is -1.09. The van der Waals surface area contributed by atoms with Crippen LogP contribution in [0.2, 0.25) is 0 Å². The number of ether oxygens (including phenoxy) is 1. The van der Waals surface area contributed by atoms with Gasteiger partial charge in [0.25, 0.3) is 0 Å². The van der Waals surface area contributed by atoms with Crippen LogP contribution >= 0.6 is 0 Å². The fourth-order valence-corrected chi connectivity index (χ4v) is 2.74. The number of hydrogen-bond donors (Lipinski definition) is 1. The molecule has 0 saturated heterocycles. The fourth-order valence-electron chi connectivity index (χ4n) is 2.74. The molecule has 19 heavy (non-hydrogen) atoms. The van der Waals surface area contributed by atoms with Gasteiger partial charge in [-0.3, -0.25) is 0 Å². The Labute approximate surface area is 115 Å². The molecule has 1 N–H and O–H groups in total. The van der Waals surface area contributed by atoms with Crippen molar-refractivity contribution in [2.75, 3.05) is 7.05 Å². The summed E-state index contributed by atoms with van der Waals surface area (Å²) in [6, 6.07) is 5.51. The lowest BCUT2D eigenvalue weighted by Crippen LogP contribution is -2.41. The molecule has 106 valence electrons. The molecule has 3 heteroatoms. The van der Waals surface area contributed by atoms with Crippen molar-refractivity contribution in [1.82, 2.24) is 5.32 Å².